The number of halogens is 3. The van der Waals surface area contributed by atoms with Gasteiger partial charge >= 0.3 is 0 Å². The third kappa shape index (κ3) is 2.10. The molecule has 0 fully saturated rings. The van der Waals surface area contributed by atoms with Crippen LogP contribution in [0.5, 0.6) is 0 Å². The molecule has 0 aliphatic carbocycles. The van der Waals surface area contributed by atoms with E-state index in [9.17, 15) is 13.6 Å². The Morgan fingerprint density at radius 3 is 2.80 bits per heavy atom. The van der Waals surface area contributed by atoms with Gasteiger partial charge in [-0.1, -0.05) is 0 Å². The number of benzene rings is 1. The predicted molar refractivity (Wildman–Crippen MR) is 75.1 cm³/mol. The summed E-state index contributed by atoms with van der Waals surface area (Å²) in [4.78, 5) is 19.2. The second kappa shape index (κ2) is 4.96. The largest absolute Gasteiger partial charge is 0.309 e. The van der Waals surface area contributed by atoms with Crippen molar-refractivity contribution in [2.45, 2.75) is 5.88 Å². The molecule has 3 aromatic rings. The van der Waals surface area contributed by atoms with E-state index in [-0.39, 0.29) is 22.4 Å². The number of nitrogens with zero attached hydrogens (tertiary/aromatic N) is 1. The standard InChI is InChI=1S/C13H7ClF2N2OS/c14-4-10-17-12(19)11-8(5-20-13(11)18-10)7-2-1-6(15)3-9(7)16/h1-3,5H,4H2,(H,17,18,19). The smallest absolute Gasteiger partial charge is 0.260 e. The molecule has 0 spiro atoms. The zero-order chi connectivity index (χ0) is 14.3. The van der Waals surface area contributed by atoms with Gasteiger partial charge in [0.2, 0.25) is 0 Å². The van der Waals surface area contributed by atoms with Crippen molar-refractivity contribution in [2.75, 3.05) is 0 Å². The summed E-state index contributed by atoms with van der Waals surface area (Å²) in [7, 11) is 0. The number of alkyl halides is 1. The number of aromatic nitrogens is 2. The number of aromatic amines is 1. The van der Waals surface area contributed by atoms with Crippen molar-refractivity contribution < 1.29 is 8.78 Å². The molecule has 2 aromatic heterocycles. The number of rotatable bonds is 2. The van der Waals surface area contributed by atoms with Crippen LogP contribution in [0.15, 0.2) is 28.4 Å². The average Bonchev–Trinajstić information content (AvgIpc) is 2.83. The van der Waals surface area contributed by atoms with Crippen molar-refractivity contribution >= 4 is 33.2 Å². The van der Waals surface area contributed by atoms with E-state index in [1.807, 2.05) is 0 Å². The molecule has 0 radical (unpaired) electrons. The molecule has 0 atom stereocenters. The number of nitrogens with one attached hydrogen (secondary N) is 1. The van der Waals surface area contributed by atoms with Crippen LogP contribution < -0.4 is 5.56 Å². The molecule has 0 aliphatic heterocycles. The zero-order valence-electron chi connectivity index (χ0n) is 9.91. The monoisotopic (exact) mass is 312 g/mol. The SMILES string of the molecule is O=c1[nH]c(CCl)nc2scc(-c3ccc(F)cc3F)c12. The molecular formula is C13H7ClF2N2OS. The Hall–Kier alpha value is -1.79. The van der Waals surface area contributed by atoms with Gasteiger partial charge in [0, 0.05) is 22.6 Å². The van der Waals surface area contributed by atoms with Crippen LogP contribution in [0, 0.1) is 11.6 Å². The van der Waals surface area contributed by atoms with E-state index >= 15 is 0 Å². The van der Waals surface area contributed by atoms with Crippen molar-refractivity contribution in [1.82, 2.24) is 9.97 Å². The summed E-state index contributed by atoms with van der Waals surface area (Å²) in [5.74, 6) is -0.937. The van der Waals surface area contributed by atoms with Crippen molar-refractivity contribution in [1.29, 1.82) is 0 Å². The van der Waals surface area contributed by atoms with Gasteiger partial charge in [0.25, 0.3) is 5.56 Å². The van der Waals surface area contributed by atoms with Crippen molar-refractivity contribution in [2.24, 2.45) is 0 Å². The second-order valence-corrected chi connectivity index (χ2v) is 5.23. The van der Waals surface area contributed by atoms with Crippen LogP contribution in [-0.2, 0) is 5.88 Å². The highest BCUT2D eigenvalue weighted by molar-refractivity contribution is 7.17. The Bertz CT molecular complexity index is 859. The summed E-state index contributed by atoms with van der Waals surface area (Å²) in [6, 6.07) is 3.24. The molecular weight excluding hydrogens is 306 g/mol. The first-order valence-electron chi connectivity index (χ1n) is 5.62. The molecule has 3 rings (SSSR count). The summed E-state index contributed by atoms with van der Waals surface area (Å²) in [6.07, 6.45) is 0. The van der Waals surface area contributed by atoms with Gasteiger partial charge in [0.15, 0.2) is 0 Å². The number of hydrogen-bond donors (Lipinski definition) is 1. The van der Waals surface area contributed by atoms with Gasteiger partial charge in [0.1, 0.15) is 22.3 Å². The third-order valence-corrected chi connectivity index (χ3v) is 3.97. The van der Waals surface area contributed by atoms with Crippen LogP contribution in [0.1, 0.15) is 5.82 Å². The van der Waals surface area contributed by atoms with Crippen LogP contribution in [0.2, 0.25) is 0 Å². The second-order valence-electron chi connectivity index (χ2n) is 4.10. The fourth-order valence-corrected chi connectivity index (χ4v) is 3.05. The van der Waals surface area contributed by atoms with E-state index in [1.165, 1.54) is 17.4 Å². The molecule has 0 saturated heterocycles. The molecule has 0 bridgehead atoms. The van der Waals surface area contributed by atoms with E-state index in [0.717, 1.165) is 12.1 Å². The summed E-state index contributed by atoms with van der Waals surface area (Å²) in [5, 5.41) is 1.91. The first kappa shape index (κ1) is 13.2. The van der Waals surface area contributed by atoms with Gasteiger partial charge in [-0.3, -0.25) is 4.79 Å². The lowest BCUT2D eigenvalue weighted by molar-refractivity contribution is 0.586. The van der Waals surface area contributed by atoms with Gasteiger partial charge in [-0.25, -0.2) is 13.8 Å². The van der Waals surface area contributed by atoms with E-state index in [4.69, 9.17) is 11.6 Å². The first-order chi connectivity index (χ1) is 9.60. The quantitative estimate of drug-likeness (QED) is 0.734. The Morgan fingerprint density at radius 1 is 1.30 bits per heavy atom. The van der Waals surface area contributed by atoms with Crippen molar-refractivity contribution in [3.63, 3.8) is 0 Å². The molecule has 0 amide bonds. The van der Waals surface area contributed by atoms with Crippen LogP contribution >= 0.6 is 22.9 Å². The van der Waals surface area contributed by atoms with Gasteiger partial charge < -0.3 is 4.98 Å². The van der Waals surface area contributed by atoms with Crippen LogP contribution in [0.3, 0.4) is 0 Å². The fraction of sp³-hybridized carbons (Fsp3) is 0.0769. The summed E-state index contributed by atoms with van der Waals surface area (Å²) < 4.78 is 26.8. The van der Waals surface area contributed by atoms with E-state index in [0.29, 0.717) is 16.2 Å². The Morgan fingerprint density at radius 2 is 2.10 bits per heavy atom. The van der Waals surface area contributed by atoms with Crippen LogP contribution in [-0.4, -0.2) is 9.97 Å². The Balaban J connectivity index is 2.30. The molecule has 1 aromatic carbocycles. The lowest BCUT2D eigenvalue weighted by Crippen LogP contribution is -2.10. The van der Waals surface area contributed by atoms with E-state index < -0.39 is 11.6 Å². The van der Waals surface area contributed by atoms with Gasteiger partial charge in [0.05, 0.1) is 11.3 Å². The first-order valence-corrected chi connectivity index (χ1v) is 7.03. The fourth-order valence-electron chi connectivity index (χ4n) is 1.96. The van der Waals surface area contributed by atoms with Crippen LogP contribution in [0.25, 0.3) is 21.3 Å². The summed E-state index contributed by atoms with van der Waals surface area (Å²) in [5.41, 5.74) is 0.187. The molecule has 0 saturated carbocycles. The third-order valence-electron chi connectivity index (χ3n) is 2.84. The Labute approximate surface area is 120 Å². The molecule has 0 aliphatic rings. The normalized spacial score (nSPS) is 11.2. The average molecular weight is 313 g/mol. The van der Waals surface area contributed by atoms with Gasteiger partial charge in [-0.15, -0.1) is 22.9 Å². The number of thiophene rings is 1. The van der Waals surface area contributed by atoms with Crippen LogP contribution in [0.4, 0.5) is 8.78 Å². The molecule has 102 valence electrons. The minimum absolute atomic E-state index is 0.0866. The molecule has 20 heavy (non-hydrogen) atoms. The molecule has 2 heterocycles. The highest BCUT2D eigenvalue weighted by Crippen LogP contribution is 2.32. The molecule has 0 unspecified atom stereocenters. The minimum atomic E-state index is -0.717. The maximum Gasteiger partial charge on any atom is 0.260 e. The predicted octanol–water partition coefficient (Wildman–Crippen LogP) is 3.67. The topological polar surface area (TPSA) is 45.8 Å². The number of H-pyrrole nitrogens is 1. The number of fused-ring (bicyclic) bond motifs is 1. The molecule has 7 heteroatoms. The Kier molecular flexibility index (Phi) is 3.27. The lowest BCUT2D eigenvalue weighted by atomic mass is 10.1. The maximum atomic E-state index is 13.8. The summed E-state index contributed by atoms with van der Waals surface area (Å²) in [6.45, 7) is 0. The highest BCUT2D eigenvalue weighted by atomic mass is 35.5. The number of hydrogen-bond acceptors (Lipinski definition) is 3. The van der Waals surface area contributed by atoms with Crippen molar-refractivity contribution in [3.05, 3.63) is 51.4 Å². The highest BCUT2D eigenvalue weighted by Gasteiger charge is 2.15. The van der Waals surface area contributed by atoms with Crippen molar-refractivity contribution in [3.8, 4) is 11.1 Å². The zero-order valence-corrected chi connectivity index (χ0v) is 11.5. The van der Waals surface area contributed by atoms with E-state index in [1.54, 1.807) is 5.38 Å². The minimum Gasteiger partial charge on any atom is -0.309 e. The lowest BCUT2D eigenvalue weighted by Gasteiger charge is -2.02. The van der Waals surface area contributed by atoms with Gasteiger partial charge in [-0.2, -0.15) is 0 Å². The summed E-state index contributed by atoms with van der Waals surface area (Å²) >= 11 is 6.85. The molecule has 3 nitrogen and oxygen atoms in total. The maximum absolute atomic E-state index is 13.8. The van der Waals surface area contributed by atoms with E-state index in [2.05, 4.69) is 9.97 Å². The van der Waals surface area contributed by atoms with Gasteiger partial charge in [-0.05, 0) is 12.1 Å². The molecule has 1 N–H and O–H groups in total.